The molecule has 0 bridgehead atoms. The van der Waals surface area contributed by atoms with Crippen LogP contribution in [0.3, 0.4) is 0 Å². The van der Waals surface area contributed by atoms with Crippen LogP contribution < -0.4 is 4.74 Å². The molecular weight excluding hydrogens is 575 g/mol. The van der Waals surface area contributed by atoms with E-state index in [9.17, 15) is 27.9 Å². The highest BCUT2D eigenvalue weighted by molar-refractivity contribution is 5.90. The molecule has 6 atom stereocenters. The average molecular weight is 620 g/mol. The Kier molecular flexibility index (Phi) is 10.0. The van der Waals surface area contributed by atoms with Crippen molar-refractivity contribution < 1.29 is 42.1 Å². The summed E-state index contributed by atoms with van der Waals surface area (Å²) in [6.07, 6.45) is -2.71. The van der Waals surface area contributed by atoms with Gasteiger partial charge in [0.1, 0.15) is 11.3 Å². The molecule has 0 spiro atoms. The third kappa shape index (κ3) is 6.33. The third-order valence-electron chi connectivity index (χ3n) is 9.43. The lowest BCUT2D eigenvalue weighted by Gasteiger charge is -2.45. The van der Waals surface area contributed by atoms with Gasteiger partial charge in [0, 0.05) is 24.5 Å². The first-order chi connectivity index (χ1) is 20.7. The Morgan fingerprint density at radius 3 is 2.27 bits per heavy atom. The smallest absolute Gasteiger partial charge is 0.416 e. The van der Waals surface area contributed by atoms with Gasteiger partial charge in [-0.25, -0.2) is 4.79 Å². The third-order valence-corrected chi connectivity index (χ3v) is 9.43. The molecule has 10 heteroatoms. The predicted octanol–water partition coefficient (Wildman–Crippen LogP) is 7.28. The number of carbonyl (C=O) groups excluding carboxylic acids is 1. The Morgan fingerprint density at radius 2 is 1.73 bits per heavy atom. The number of carbonyl (C=O) groups is 2. The van der Waals surface area contributed by atoms with E-state index in [1.807, 2.05) is 51.1 Å². The fraction of sp³-hybridized carbons (Fsp3) is 0.588. The Balaban J connectivity index is 1.89. The first kappa shape index (κ1) is 33.8. The minimum absolute atomic E-state index is 0.102. The predicted molar refractivity (Wildman–Crippen MR) is 159 cm³/mol. The molecular formula is C34H44F3NO6. The highest BCUT2D eigenvalue weighted by Gasteiger charge is 2.68. The number of carboxylic acid groups (broad SMARTS) is 1. The maximum atomic E-state index is 14.7. The first-order valence-corrected chi connectivity index (χ1v) is 15.2. The van der Waals surface area contributed by atoms with E-state index in [-0.39, 0.29) is 36.4 Å². The molecule has 2 fully saturated rings. The fourth-order valence-corrected chi connectivity index (χ4v) is 7.53. The van der Waals surface area contributed by atoms with Gasteiger partial charge in [-0.2, -0.15) is 13.2 Å². The summed E-state index contributed by atoms with van der Waals surface area (Å²) in [5, 5.41) is 11.1. The second-order valence-corrected chi connectivity index (χ2v) is 13.0. The SMILES string of the molecule is CC[C@@]1(C(=O)O)[C@@H](C(C)(C)C)[C@H](OCc2cc(C(F)(F)F)ccc2OC)[C@H](c2ccccc2)N1C(=O)[C@@H]1CCC[C@@H](OC)C1. The maximum absolute atomic E-state index is 14.7. The number of alkyl halides is 3. The van der Waals surface area contributed by atoms with E-state index in [1.54, 1.807) is 18.9 Å². The van der Waals surface area contributed by atoms with E-state index in [2.05, 4.69) is 0 Å². The largest absolute Gasteiger partial charge is 0.496 e. The summed E-state index contributed by atoms with van der Waals surface area (Å²) >= 11 is 0. The van der Waals surface area contributed by atoms with Gasteiger partial charge in [-0.15, -0.1) is 0 Å². The summed E-state index contributed by atoms with van der Waals surface area (Å²) in [5.74, 6) is -2.32. The highest BCUT2D eigenvalue weighted by Crippen LogP contribution is 2.57. The molecule has 2 aromatic carbocycles. The van der Waals surface area contributed by atoms with E-state index < -0.39 is 52.6 Å². The van der Waals surface area contributed by atoms with Crippen LogP contribution >= 0.6 is 0 Å². The van der Waals surface area contributed by atoms with Crippen molar-refractivity contribution in [3.63, 3.8) is 0 Å². The number of benzene rings is 2. The number of nitrogens with zero attached hydrogens (tertiary/aromatic N) is 1. The molecule has 1 saturated heterocycles. The Hall–Kier alpha value is -3.11. The van der Waals surface area contributed by atoms with E-state index in [1.165, 1.54) is 13.2 Å². The van der Waals surface area contributed by atoms with Gasteiger partial charge in [0.2, 0.25) is 5.91 Å². The van der Waals surface area contributed by atoms with Crippen LogP contribution in [-0.2, 0) is 31.8 Å². The monoisotopic (exact) mass is 619 g/mol. The Bertz CT molecular complexity index is 1310. The zero-order valence-corrected chi connectivity index (χ0v) is 26.3. The molecule has 1 saturated carbocycles. The summed E-state index contributed by atoms with van der Waals surface area (Å²) in [4.78, 5) is 29.8. The molecule has 44 heavy (non-hydrogen) atoms. The van der Waals surface area contributed by atoms with Crippen molar-refractivity contribution in [1.29, 1.82) is 0 Å². The summed E-state index contributed by atoms with van der Waals surface area (Å²) in [6.45, 7) is 7.26. The minimum Gasteiger partial charge on any atom is -0.496 e. The zero-order valence-electron chi connectivity index (χ0n) is 26.3. The van der Waals surface area contributed by atoms with Crippen LogP contribution in [0.2, 0.25) is 0 Å². The second kappa shape index (κ2) is 13.1. The van der Waals surface area contributed by atoms with Gasteiger partial charge in [0.05, 0.1) is 37.5 Å². The van der Waals surface area contributed by atoms with Gasteiger partial charge in [0.15, 0.2) is 0 Å². The van der Waals surface area contributed by atoms with Gasteiger partial charge in [-0.05, 0) is 54.9 Å². The lowest BCUT2D eigenvalue weighted by atomic mass is 9.66. The average Bonchev–Trinajstić information content (AvgIpc) is 3.31. The zero-order chi connectivity index (χ0) is 32.4. The number of aliphatic carboxylic acids is 1. The molecule has 0 radical (unpaired) electrons. The van der Waals surface area contributed by atoms with Gasteiger partial charge in [-0.1, -0.05) is 64.4 Å². The molecule has 1 heterocycles. The molecule has 1 aliphatic heterocycles. The van der Waals surface area contributed by atoms with Gasteiger partial charge >= 0.3 is 12.1 Å². The number of rotatable bonds is 9. The van der Waals surface area contributed by atoms with E-state index >= 15 is 0 Å². The van der Waals surface area contributed by atoms with Crippen LogP contribution in [0.4, 0.5) is 13.2 Å². The molecule has 2 aliphatic rings. The van der Waals surface area contributed by atoms with Crippen LogP contribution in [0.5, 0.6) is 5.75 Å². The molecule has 7 nitrogen and oxygen atoms in total. The molecule has 4 rings (SSSR count). The molecule has 0 unspecified atom stereocenters. The summed E-state index contributed by atoms with van der Waals surface area (Å²) in [7, 11) is 2.99. The standard InChI is InChI=1S/C34H44F3NO6/c1-7-33(31(40)41)29(32(2,3)4)28(44-20-23-18-24(34(35,36)37)16-17-26(23)43-6)27(21-12-9-8-10-13-21)38(33)30(39)22-14-11-15-25(19-22)42-5/h8-10,12-13,16-18,22,25,27-29H,7,11,14-15,19-20H2,1-6H3,(H,40,41)/t22-,25-,27+,28-,29-,33+/m1/s1. The summed E-state index contributed by atoms with van der Waals surface area (Å²) in [5.41, 5.74) is -2.28. The summed E-state index contributed by atoms with van der Waals surface area (Å²) < 4.78 is 58.5. The maximum Gasteiger partial charge on any atom is 0.416 e. The second-order valence-electron chi connectivity index (χ2n) is 13.0. The van der Waals surface area contributed by atoms with Gasteiger partial charge < -0.3 is 24.2 Å². The number of hydrogen-bond donors (Lipinski definition) is 1. The molecule has 242 valence electrons. The lowest BCUT2D eigenvalue weighted by Crippen LogP contribution is -2.60. The number of halogens is 3. The first-order valence-electron chi connectivity index (χ1n) is 15.2. The van der Waals surface area contributed by atoms with Crippen molar-refractivity contribution >= 4 is 11.9 Å². The van der Waals surface area contributed by atoms with E-state index in [0.717, 1.165) is 25.0 Å². The number of hydrogen-bond acceptors (Lipinski definition) is 5. The number of amides is 1. The Labute approximate surface area is 257 Å². The van der Waals surface area contributed by atoms with Crippen LogP contribution in [0.1, 0.15) is 82.5 Å². The number of methoxy groups -OCH3 is 2. The molecule has 2 aromatic rings. The van der Waals surface area contributed by atoms with Crippen molar-refractivity contribution in [3.05, 3.63) is 65.2 Å². The van der Waals surface area contributed by atoms with Crippen molar-refractivity contribution in [1.82, 2.24) is 4.90 Å². The molecule has 1 amide bonds. The quantitative estimate of drug-likeness (QED) is 0.318. The number of ether oxygens (including phenoxy) is 3. The van der Waals surface area contributed by atoms with Crippen molar-refractivity contribution in [2.45, 2.75) is 96.4 Å². The van der Waals surface area contributed by atoms with Crippen LogP contribution in [0, 0.1) is 17.3 Å². The summed E-state index contributed by atoms with van der Waals surface area (Å²) in [6, 6.07) is 11.6. The molecule has 0 aromatic heterocycles. The van der Waals surface area contributed by atoms with Crippen LogP contribution in [0.25, 0.3) is 0 Å². The van der Waals surface area contributed by atoms with Gasteiger partial charge in [-0.3, -0.25) is 4.79 Å². The van der Waals surface area contributed by atoms with Crippen LogP contribution in [-0.4, -0.2) is 53.8 Å². The van der Waals surface area contributed by atoms with Crippen molar-refractivity contribution in [2.24, 2.45) is 17.3 Å². The minimum atomic E-state index is -4.57. The highest BCUT2D eigenvalue weighted by atomic mass is 19.4. The fourth-order valence-electron chi connectivity index (χ4n) is 7.53. The van der Waals surface area contributed by atoms with E-state index in [0.29, 0.717) is 18.4 Å². The molecule has 1 aliphatic carbocycles. The molecule has 1 N–H and O–H groups in total. The Morgan fingerprint density at radius 1 is 1.05 bits per heavy atom. The normalized spacial score (nSPS) is 27.8. The van der Waals surface area contributed by atoms with Gasteiger partial charge in [0.25, 0.3) is 0 Å². The van der Waals surface area contributed by atoms with Crippen molar-refractivity contribution in [3.8, 4) is 5.75 Å². The van der Waals surface area contributed by atoms with Crippen LogP contribution in [0.15, 0.2) is 48.5 Å². The lowest BCUT2D eigenvalue weighted by molar-refractivity contribution is -0.166. The number of likely N-dealkylation sites (tertiary alicyclic amines) is 1. The van der Waals surface area contributed by atoms with E-state index in [4.69, 9.17) is 14.2 Å². The van der Waals surface area contributed by atoms with Crippen molar-refractivity contribution in [2.75, 3.05) is 14.2 Å². The topological polar surface area (TPSA) is 85.3 Å². The number of carboxylic acids is 1.